The summed E-state index contributed by atoms with van der Waals surface area (Å²) in [6, 6.07) is 10.5. The summed E-state index contributed by atoms with van der Waals surface area (Å²) in [4.78, 5) is 8.07. The van der Waals surface area contributed by atoms with Crippen molar-refractivity contribution in [3.63, 3.8) is 0 Å². The molecule has 0 saturated carbocycles. The van der Waals surface area contributed by atoms with Gasteiger partial charge in [-0.25, -0.2) is 8.78 Å². The highest BCUT2D eigenvalue weighted by Gasteiger charge is 2.40. The van der Waals surface area contributed by atoms with Gasteiger partial charge >= 0.3 is 0 Å². The summed E-state index contributed by atoms with van der Waals surface area (Å²) in [6.07, 6.45) is 1.91. The largest absolute Gasteiger partial charge is 0.488 e. The average molecular weight is 482 g/mol. The highest BCUT2D eigenvalue weighted by atomic mass is 19.1. The minimum absolute atomic E-state index is 0.0152. The Bertz CT molecular complexity index is 1190. The summed E-state index contributed by atoms with van der Waals surface area (Å²) >= 11 is 0. The lowest BCUT2D eigenvalue weighted by Crippen LogP contribution is -2.53. The minimum Gasteiger partial charge on any atom is -0.488 e. The van der Waals surface area contributed by atoms with Crippen molar-refractivity contribution in [1.29, 1.82) is 0 Å². The van der Waals surface area contributed by atoms with Gasteiger partial charge in [-0.05, 0) is 43.4 Å². The predicted molar refractivity (Wildman–Crippen MR) is 137 cm³/mol. The molecule has 1 fully saturated rings. The highest BCUT2D eigenvalue weighted by Crippen LogP contribution is 2.44. The number of nitrogens with one attached hydrogen (secondary N) is 1. The summed E-state index contributed by atoms with van der Waals surface area (Å²) in [5.74, 6) is -0.826. The Kier molecular flexibility index (Phi) is 6.39. The summed E-state index contributed by atoms with van der Waals surface area (Å²) in [7, 11) is 0. The Morgan fingerprint density at radius 1 is 1.09 bits per heavy atom. The molecule has 2 aromatic carbocycles. The van der Waals surface area contributed by atoms with E-state index in [0.717, 1.165) is 61.2 Å². The lowest BCUT2D eigenvalue weighted by molar-refractivity contribution is 0.0198. The van der Waals surface area contributed by atoms with Gasteiger partial charge in [0.2, 0.25) is 0 Å². The first-order chi connectivity index (χ1) is 16.6. The SMILES string of the molecule is CCCN1CC(Oc2cc(F)c([C@@H]3c4[nH]c5ccccc5c4C[C@@H](C)N3CC(C)(C)C)c(F)c2)C1. The normalized spacial score (nSPS) is 21.8. The van der Waals surface area contributed by atoms with Gasteiger partial charge in [0.1, 0.15) is 23.5 Å². The fourth-order valence-electron chi connectivity index (χ4n) is 5.79. The third-order valence-electron chi connectivity index (χ3n) is 7.27. The lowest BCUT2D eigenvalue weighted by atomic mass is 9.85. The van der Waals surface area contributed by atoms with Crippen LogP contribution in [0.4, 0.5) is 8.78 Å². The first-order valence-electron chi connectivity index (χ1n) is 12.9. The van der Waals surface area contributed by atoms with Crippen molar-refractivity contribution in [2.75, 3.05) is 26.2 Å². The molecule has 4 nitrogen and oxygen atoms in total. The van der Waals surface area contributed by atoms with Crippen LogP contribution in [0, 0.1) is 17.0 Å². The molecular weight excluding hydrogens is 444 g/mol. The van der Waals surface area contributed by atoms with E-state index >= 15 is 8.78 Å². The number of likely N-dealkylation sites (tertiary alicyclic amines) is 1. The van der Waals surface area contributed by atoms with Gasteiger partial charge < -0.3 is 9.72 Å². The zero-order chi connectivity index (χ0) is 24.9. The molecule has 3 heterocycles. The molecule has 1 N–H and O–H groups in total. The monoisotopic (exact) mass is 481 g/mol. The first-order valence-corrected chi connectivity index (χ1v) is 12.9. The molecule has 0 amide bonds. The molecule has 5 rings (SSSR count). The molecule has 0 bridgehead atoms. The first kappa shape index (κ1) is 24.3. The van der Waals surface area contributed by atoms with Crippen molar-refractivity contribution in [2.45, 2.75) is 65.6 Å². The molecule has 0 aliphatic carbocycles. The van der Waals surface area contributed by atoms with Crippen LogP contribution in [0.2, 0.25) is 0 Å². The minimum atomic E-state index is -0.549. The number of fused-ring (bicyclic) bond motifs is 3. The maximum absolute atomic E-state index is 15.8. The number of para-hydroxylation sites is 1. The molecule has 188 valence electrons. The van der Waals surface area contributed by atoms with E-state index in [-0.39, 0.29) is 28.9 Å². The molecule has 2 atom stereocenters. The van der Waals surface area contributed by atoms with Crippen LogP contribution in [0.15, 0.2) is 36.4 Å². The van der Waals surface area contributed by atoms with E-state index in [0.29, 0.717) is 0 Å². The van der Waals surface area contributed by atoms with E-state index in [1.165, 1.54) is 12.1 Å². The van der Waals surface area contributed by atoms with Gasteiger partial charge in [-0.3, -0.25) is 9.80 Å². The number of ether oxygens (including phenoxy) is 1. The van der Waals surface area contributed by atoms with Crippen molar-refractivity contribution in [3.05, 3.63) is 64.9 Å². The van der Waals surface area contributed by atoms with E-state index in [1.807, 2.05) is 18.2 Å². The summed E-state index contributed by atoms with van der Waals surface area (Å²) in [6.45, 7) is 14.2. The molecule has 1 aromatic heterocycles. The van der Waals surface area contributed by atoms with Crippen molar-refractivity contribution in [3.8, 4) is 5.75 Å². The number of rotatable bonds is 6. The van der Waals surface area contributed by atoms with Gasteiger partial charge in [0, 0.05) is 60.0 Å². The third kappa shape index (κ3) is 4.70. The molecule has 35 heavy (non-hydrogen) atoms. The topological polar surface area (TPSA) is 31.5 Å². The third-order valence-corrected chi connectivity index (χ3v) is 7.27. The number of benzene rings is 2. The maximum atomic E-state index is 15.8. The Balaban J connectivity index is 1.54. The number of hydrogen-bond donors (Lipinski definition) is 1. The van der Waals surface area contributed by atoms with Gasteiger partial charge in [-0.1, -0.05) is 45.9 Å². The standard InChI is InChI=1S/C29H37F2N3O/c1-6-11-33-15-20(16-33)35-19-13-23(30)26(24(31)14-19)28-27-22(21-9-7-8-10-25(21)32-27)12-18(2)34(28)17-29(3,4)5/h7-10,13-14,18,20,28,32H,6,11-12,15-17H2,1-5H3/t18-,28-/m1/s1. The van der Waals surface area contributed by atoms with E-state index < -0.39 is 17.7 Å². The molecule has 0 radical (unpaired) electrons. The van der Waals surface area contributed by atoms with Crippen molar-refractivity contribution >= 4 is 10.9 Å². The van der Waals surface area contributed by atoms with Gasteiger partial charge in [0.25, 0.3) is 0 Å². The van der Waals surface area contributed by atoms with Gasteiger partial charge in [-0.15, -0.1) is 0 Å². The van der Waals surface area contributed by atoms with Gasteiger partial charge in [0.05, 0.1) is 6.04 Å². The van der Waals surface area contributed by atoms with E-state index in [1.54, 1.807) is 0 Å². The highest BCUT2D eigenvalue weighted by molar-refractivity contribution is 5.85. The second-order valence-electron chi connectivity index (χ2n) is 11.6. The van der Waals surface area contributed by atoms with E-state index in [2.05, 4.69) is 55.5 Å². The maximum Gasteiger partial charge on any atom is 0.135 e. The van der Waals surface area contributed by atoms with Crippen molar-refractivity contribution in [2.24, 2.45) is 5.41 Å². The summed E-state index contributed by atoms with van der Waals surface area (Å²) < 4.78 is 37.5. The molecule has 3 aromatic rings. The fourth-order valence-corrected chi connectivity index (χ4v) is 5.79. The number of nitrogens with zero attached hydrogens (tertiary/aromatic N) is 2. The van der Waals surface area contributed by atoms with Crippen LogP contribution in [0.5, 0.6) is 5.75 Å². The van der Waals surface area contributed by atoms with Crippen LogP contribution in [-0.2, 0) is 6.42 Å². The van der Waals surface area contributed by atoms with Crippen LogP contribution >= 0.6 is 0 Å². The van der Waals surface area contributed by atoms with Crippen LogP contribution < -0.4 is 4.74 Å². The molecule has 1 saturated heterocycles. The number of aromatic nitrogens is 1. The van der Waals surface area contributed by atoms with Crippen LogP contribution in [0.25, 0.3) is 10.9 Å². The number of aromatic amines is 1. The van der Waals surface area contributed by atoms with Crippen molar-refractivity contribution < 1.29 is 13.5 Å². The second-order valence-corrected chi connectivity index (χ2v) is 11.6. The van der Waals surface area contributed by atoms with Crippen LogP contribution in [0.1, 0.15) is 63.9 Å². The Morgan fingerprint density at radius 3 is 2.43 bits per heavy atom. The molecule has 6 heteroatoms. The molecule has 0 unspecified atom stereocenters. The molecule has 0 spiro atoms. The number of halogens is 2. The lowest BCUT2D eigenvalue weighted by Gasteiger charge is -2.44. The average Bonchev–Trinajstić information content (AvgIpc) is 3.11. The Morgan fingerprint density at radius 2 is 1.77 bits per heavy atom. The van der Waals surface area contributed by atoms with Gasteiger partial charge in [-0.2, -0.15) is 0 Å². The van der Waals surface area contributed by atoms with Crippen LogP contribution in [0.3, 0.4) is 0 Å². The molecular formula is C29H37F2N3O. The molecule has 2 aliphatic heterocycles. The van der Waals surface area contributed by atoms with E-state index in [9.17, 15) is 0 Å². The quantitative estimate of drug-likeness (QED) is 0.448. The Labute approximate surface area is 207 Å². The predicted octanol–water partition coefficient (Wildman–Crippen LogP) is 6.30. The number of hydrogen-bond acceptors (Lipinski definition) is 3. The van der Waals surface area contributed by atoms with Gasteiger partial charge in [0.15, 0.2) is 0 Å². The number of H-pyrrole nitrogens is 1. The van der Waals surface area contributed by atoms with Crippen molar-refractivity contribution in [1.82, 2.24) is 14.8 Å². The zero-order valence-corrected chi connectivity index (χ0v) is 21.5. The second kappa shape index (κ2) is 9.21. The molecule has 2 aliphatic rings. The van der Waals surface area contributed by atoms with Crippen LogP contribution in [-0.4, -0.2) is 53.1 Å². The Hall–Kier alpha value is -2.44. The van der Waals surface area contributed by atoms with E-state index in [4.69, 9.17) is 4.74 Å². The summed E-state index contributed by atoms with van der Waals surface area (Å²) in [5, 5.41) is 1.14. The zero-order valence-electron chi connectivity index (χ0n) is 21.5. The fraction of sp³-hybridized carbons (Fsp3) is 0.517. The summed E-state index contributed by atoms with van der Waals surface area (Å²) in [5.41, 5.74) is 3.14. The smallest absolute Gasteiger partial charge is 0.135 e.